The second-order valence-corrected chi connectivity index (χ2v) is 4.92. The van der Waals surface area contributed by atoms with Crippen LogP contribution in [-0.4, -0.2) is 13.0 Å². The lowest BCUT2D eigenvalue weighted by molar-refractivity contribution is 0.481. The van der Waals surface area contributed by atoms with Crippen molar-refractivity contribution < 1.29 is 13.0 Å². The average Bonchev–Trinajstić information content (AvgIpc) is 2.15. The van der Waals surface area contributed by atoms with Crippen LogP contribution in [0, 0.1) is 0 Å². The maximum Gasteiger partial charge on any atom is 0.294 e. The van der Waals surface area contributed by atoms with Crippen molar-refractivity contribution in [2.75, 3.05) is 5.43 Å². The van der Waals surface area contributed by atoms with Crippen LogP contribution in [0.1, 0.15) is 25.3 Å². The van der Waals surface area contributed by atoms with Gasteiger partial charge in [-0.05, 0) is 29.7 Å². The highest BCUT2D eigenvalue weighted by atomic mass is 32.2. The Bertz CT molecular complexity index is 454. The van der Waals surface area contributed by atoms with E-state index in [1.165, 1.54) is 12.1 Å². The lowest BCUT2D eigenvalue weighted by Crippen LogP contribution is -2.09. The van der Waals surface area contributed by atoms with E-state index in [2.05, 4.69) is 5.43 Å². The van der Waals surface area contributed by atoms with Crippen LogP contribution >= 0.6 is 0 Å². The molecule has 0 aliphatic carbocycles. The molecule has 5 nitrogen and oxygen atoms in total. The molecule has 0 aliphatic heterocycles. The predicted molar refractivity (Wildman–Crippen MR) is 58.2 cm³/mol. The third kappa shape index (κ3) is 2.68. The highest BCUT2D eigenvalue weighted by Crippen LogP contribution is 2.26. The van der Waals surface area contributed by atoms with Gasteiger partial charge in [0.2, 0.25) is 0 Å². The van der Waals surface area contributed by atoms with Crippen LogP contribution in [0.25, 0.3) is 0 Å². The summed E-state index contributed by atoms with van der Waals surface area (Å²) in [5.74, 6) is 5.20. The van der Waals surface area contributed by atoms with Crippen LogP contribution in [0.15, 0.2) is 23.1 Å². The fourth-order valence-corrected chi connectivity index (χ4v) is 2.16. The van der Waals surface area contributed by atoms with Crippen molar-refractivity contribution in [1.82, 2.24) is 0 Å². The zero-order chi connectivity index (χ0) is 11.6. The Morgan fingerprint density at radius 1 is 1.40 bits per heavy atom. The zero-order valence-electron chi connectivity index (χ0n) is 8.56. The molecule has 0 heterocycles. The number of nitrogens with two attached hydrogens (primary N) is 1. The lowest BCUT2D eigenvalue weighted by Gasteiger charge is -2.12. The molecule has 0 aromatic heterocycles. The minimum atomic E-state index is -4.17. The van der Waals surface area contributed by atoms with Crippen LogP contribution in [0.2, 0.25) is 0 Å². The predicted octanol–water partition coefficient (Wildman–Crippen LogP) is 1.34. The molecule has 0 saturated heterocycles. The Balaban J connectivity index is 3.41. The van der Waals surface area contributed by atoms with Crippen LogP contribution in [0.5, 0.6) is 0 Å². The largest absolute Gasteiger partial charge is 0.324 e. The molecular weight excluding hydrogens is 216 g/mol. The molecule has 6 heteroatoms. The zero-order valence-corrected chi connectivity index (χ0v) is 9.38. The minimum absolute atomic E-state index is 0.0183. The topological polar surface area (TPSA) is 92.4 Å². The van der Waals surface area contributed by atoms with Gasteiger partial charge in [0.1, 0.15) is 0 Å². The summed E-state index contributed by atoms with van der Waals surface area (Å²) in [6.45, 7) is 3.68. The van der Waals surface area contributed by atoms with E-state index < -0.39 is 10.1 Å². The molecule has 0 bridgehead atoms. The molecule has 1 rings (SSSR count). The maximum absolute atomic E-state index is 11.1. The minimum Gasteiger partial charge on any atom is -0.324 e. The summed E-state index contributed by atoms with van der Waals surface area (Å²) >= 11 is 0. The molecule has 0 fully saturated rings. The lowest BCUT2D eigenvalue weighted by atomic mass is 10.0. The summed E-state index contributed by atoms with van der Waals surface area (Å²) in [6, 6.07) is 4.43. The molecular formula is C9H14N2O3S. The fourth-order valence-electron chi connectivity index (χ4n) is 1.32. The second-order valence-electron chi connectivity index (χ2n) is 3.53. The molecule has 1 aromatic carbocycles. The van der Waals surface area contributed by atoms with Crippen molar-refractivity contribution in [1.29, 1.82) is 0 Å². The Labute approximate surface area is 89.0 Å². The number of benzene rings is 1. The van der Waals surface area contributed by atoms with E-state index in [1.807, 2.05) is 13.8 Å². The quantitative estimate of drug-likeness (QED) is 0.414. The van der Waals surface area contributed by atoms with Crippen molar-refractivity contribution in [3.63, 3.8) is 0 Å². The first-order valence-corrected chi connectivity index (χ1v) is 5.88. The first-order chi connectivity index (χ1) is 6.86. The Morgan fingerprint density at radius 3 is 2.40 bits per heavy atom. The summed E-state index contributed by atoms with van der Waals surface area (Å²) < 4.78 is 31.1. The molecule has 0 saturated carbocycles. The molecule has 0 amide bonds. The molecule has 0 unspecified atom stereocenters. The summed E-state index contributed by atoms with van der Waals surface area (Å²) in [6.07, 6.45) is 0. The van der Waals surface area contributed by atoms with Crippen LogP contribution in [0.4, 0.5) is 5.69 Å². The van der Waals surface area contributed by atoms with Gasteiger partial charge in [0.05, 0.1) is 4.90 Å². The van der Waals surface area contributed by atoms with Gasteiger partial charge >= 0.3 is 0 Å². The van der Waals surface area contributed by atoms with Crippen LogP contribution < -0.4 is 11.3 Å². The fraction of sp³-hybridized carbons (Fsp3) is 0.333. The molecule has 84 valence electrons. The third-order valence-electron chi connectivity index (χ3n) is 2.08. The van der Waals surface area contributed by atoms with Crippen molar-refractivity contribution in [2.45, 2.75) is 24.7 Å². The van der Waals surface area contributed by atoms with E-state index >= 15 is 0 Å². The van der Waals surface area contributed by atoms with Gasteiger partial charge in [0.15, 0.2) is 0 Å². The standard InChI is InChI=1S/C9H14N2O3S/c1-6(2)8-5-7(11-10)3-4-9(8)15(12,13)14/h3-6,11H,10H2,1-2H3,(H,12,13,14). The molecule has 15 heavy (non-hydrogen) atoms. The highest BCUT2D eigenvalue weighted by molar-refractivity contribution is 7.85. The Morgan fingerprint density at radius 2 is 2.00 bits per heavy atom. The second kappa shape index (κ2) is 4.18. The number of hydrogen-bond acceptors (Lipinski definition) is 4. The molecule has 0 atom stereocenters. The van der Waals surface area contributed by atoms with Gasteiger partial charge in [0, 0.05) is 5.69 Å². The van der Waals surface area contributed by atoms with Gasteiger partial charge in [-0.1, -0.05) is 13.8 Å². The van der Waals surface area contributed by atoms with Crippen molar-refractivity contribution >= 4 is 15.8 Å². The monoisotopic (exact) mass is 230 g/mol. The van der Waals surface area contributed by atoms with Gasteiger partial charge in [0.25, 0.3) is 10.1 Å². The van der Waals surface area contributed by atoms with Gasteiger partial charge in [-0.3, -0.25) is 10.4 Å². The first-order valence-electron chi connectivity index (χ1n) is 4.44. The summed E-state index contributed by atoms with van der Waals surface area (Å²) in [5.41, 5.74) is 3.56. The van der Waals surface area contributed by atoms with Gasteiger partial charge in [-0.25, -0.2) is 0 Å². The average molecular weight is 230 g/mol. The van der Waals surface area contributed by atoms with E-state index in [0.717, 1.165) is 0 Å². The Hall–Kier alpha value is -1.11. The number of hydrogen-bond donors (Lipinski definition) is 3. The van der Waals surface area contributed by atoms with Crippen molar-refractivity contribution in [3.8, 4) is 0 Å². The summed E-state index contributed by atoms with van der Waals surface area (Å²) in [5, 5.41) is 0. The van der Waals surface area contributed by atoms with E-state index in [-0.39, 0.29) is 10.8 Å². The number of nitrogen functional groups attached to an aromatic ring is 1. The van der Waals surface area contributed by atoms with E-state index in [1.54, 1.807) is 6.07 Å². The molecule has 1 aromatic rings. The SMILES string of the molecule is CC(C)c1cc(NN)ccc1S(=O)(=O)O. The van der Waals surface area contributed by atoms with Gasteiger partial charge in [-0.2, -0.15) is 8.42 Å². The smallest absolute Gasteiger partial charge is 0.294 e. The van der Waals surface area contributed by atoms with E-state index in [9.17, 15) is 8.42 Å². The molecule has 4 N–H and O–H groups in total. The molecule has 0 spiro atoms. The van der Waals surface area contributed by atoms with Gasteiger partial charge < -0.3 is 5.43 Å². The number of rotatable bonds is 3. The third-order valence-corrected chi connectivity index (χ3v) is 3.00. The number of hydrazine groups is 1. The number of nitrogens with one attached hydrogen (secondary N) is 1. The Kier molecular flexibility index (Phi) is 3.33. The highest BCUT2D eigenvalue weighted by Gasteiger charge is 2.17. The molecule has 0 aliphatic rings. The molecule has 0 radical (unpaired) electrons. The number of anilines is 1. The normalized spacial score (nSPS) is 11.8. The first kappa shape index (κ1) is 12.0. The van der Waals surface area contributed by atoms with Crippen molar-refractivity contribution in [3.05, 3.63) is 23.8 Å². The maximum atomic E-state index is 11.1. The summed E-state index contributed by atoms with van der Waals surface area (Å²) in [4.78, 5) is -0.0727. The van der Waals surface area contributed by atoms with E-state index in [4.69, 9.17) is 10.4 Å². The van der Waals surface area contributed by atoms with Gasteiger partial charge in [-0.15, -0.1) is 0 Å². The van der Waals surface area contributed by atoms with Crippen molar-refractivity contribution in [2.24, 2.45) is 5.84 Å². The van der Waals surface area contributed by atoms with Crippen LogP contribution in [-0.2, 0) is 10.1 Å². The summed E-state index contributed by atoms with van der Waals surface area (Å²) in [7, 11) is -4.17. The van der Waals surface area contributed by atoms with E-state index in [0.29, 0.717) is 11.3 Å². The van der Waals surface area contributed by atoms with Crippen LogP contribution in [0.3, 0.4) is 0 Å².